The van der Waals surface area contributed by atoms with Gasteiger partial charge in [0.25, 0.3) is 17.6 Å². The van der Waals surface area contributed by atoms with E-state index >= 15 is 0 Å². The molecule has 1 aromatic carbocycles. The highest BCUT2D eigenvalue weighted by molar-refractivity contribution is 14.1. The zero-order valence-electron chi connectivity index (χ0n) is 10.1. The number of nitro groups is 1. The third-order valence-electron chi connectivity index (χ3n) is 1.13. The van der Waals surface area contributed by atoms with Crippen LogP contribution in [-0.4, -0.2) is 27.1 Å². The molecule has 8 nitrogen and oxygen atoms in total. The van der Waals surface area contributed by atoms with Crippen molar-refractivity contribution in [2.24, 2.45) is 0 Å². The molecule has 0 unspecified atom stereocenters. The summed E-state index contributed by atoms with van der Waals surface area (Å²) in [5, 5.41) is 25.0. The van der Waals surface area contributed by atoms with Crippen molar-refractivity contribution >= 4 is 38.8 Å². The van der Waals surface area contributed by atoms with Crippen molar-refractivity contribution in [2.75, 3.05) is 0 Å². The lowest BCUT2D eigenvalue weighted by atomic mass is 10.3. The largest absolute Gasteiger partial charge is 0.481 e. The minimum atomic E-state index is -1.20. The smallest absolute Gasteiger partial charge is 0.300 e. The number of carboxylic acids is 2. The molecule has 1 aromatic rings. The van der Waals surface area contributed by atoms with E-state index in [1.807, 2.05) is 0 Å². The predicted molar refractivity (Wildman–Crippen MR) is 73.1 cm³/mol. The fourth-order valence-corrected chi connectivity index (χ4v) is 1.27. The van der Waals surface area contributed by atoms with Crippen molar-refractivity contribution in [2.45, 2.75) is 13.8 Å². The molecule has 0 saturated heterocycles. The van der Waals surface area contributed by atoms with E-state index in [1.54, 1.807) is 0 Å². The van der Waals surface area contributed by atoms with Gasteiger partial charge in [0, 0.05) is 29.6 Å². The summed E-state index contributed by atoms with van der Waals surface area (Å²) in [6.07, 6.45) is 0. The molecular formula is C10H12INO7. The predicted octanol–water partition coefficient (Wildman–Crippen LogP) is 2.26. The van der Waals surface area contributed by atoms with Gasteiger partial charge in [-0.25, -0.2) is 0 Å². The molecule has 0 saturated carbocycles. The highest BCUT2D eigenvalue weighted by Crippen LogP contribution is 2.15. The third-order valence-corrected chi connectivity index (χ3v) is 2.35. The van der Waals surface area contributed by atoms with Gasteiger partial charge in [-0.05, 0) is 12.1 Å². The molecule has 0 radical (unpaired) electrons. The van der Waals surface area contributed by atoms with Gasteiger partial charge in [-0.3, -0.25) is 22.8 Å². The van der Waals surface area contributed by atoms with Gasteiger partial charge in [0.2, 0.25) is 0 Å². The molecular weight excluding hydrogens is 373 g/mol. The monoisotopic (exact) mass is 385 g/mol. The van der Waals surface area contributed by atoms with Crippen LogP contribution in [0.2, 0.25) is 0 Å². The van der Waals surface area contributed by atoms with Crippen LogP contribution < -0.4 is 0 Å². The maximum atomic E-state index is 10.4. The van der Waals surface area contributed by atoms with Gasteiger partial charge in [-0.1, -0.05) is 0 Å². The Balaban J connectivity index is 0. The van der Waals surface area contributed by atoms with Crippen LogP contribution in [0, 0.1) is 13.7 Å². The molecule has 0 heterocycles. The van der Waals surface area contributed by atoms with Crippen molar-refractivity contribution in [1.82, 2.24) is 0 Å². The summed E-state index contributed by atoms with van der Waals surface area (Å²) in [6, 6.07) is 5.73. The molecule has 0 aliphatic rings. The molecule has 0 atom stereocenters. The van der Waals surface area contributed by atoms with Gasteiger partial charge in [0.05, 0.1) is 4.92 Å². The van der Waals surface area contributed by atoms with Gasteiger partial charge in [-0.15, -0.1) is 0 Å². The van der Waals surface area contributed by atoms with Crippen LogP contribution in [0.3, 0.4) is 0 Å². The van der Waals surface area contributed by atoms with Crippen LogP contribution in [0.5, 0.6) is 0 Å². The quantitative estimate of drug-likeness (QED) is 0.453. The Hall–Kier alpha value is -1.91. The van der Waals surface area contributed by atoms with Crippen molar-refractivity contribution in [3.8, 4) is 0 Å². The number of carboxylic acid groups (broad SMARTS) is 2. The van der Waals surface area contributed by atoms with Gasteiger partial charge in [0.15, 0.2) is 21.2 Å². The van der Waals surface area contributed by atoms with E-state index in [2.05, 4.69) is 0 Å². The zero-order chi connectivity index (χ0) is 15.4. The van der Waals surface area contributed by atoms with Gasteiger partial charge < -0.3 is 10.2 Å². The molecule has 106 valence electrons. The molecule has 0 aromatic heterocycles. The minimum absolute atomic E-state index is 0.0335. The van der Waals surface area contributed by atoms with E-state index in [-0.39, 0.29) is 5.69 Å². The van der Waals surface area contributed by atoms with Crippen molar-refractivity contribution in [1.29, 1.82) is 0 Å². The van der Waals surface area contributed by atoms with Crippen LogP contribution in [0.4, 0.5) is 5.69 Å². The number of nitrogens with zero attached hydrogens (tertiary/aromatic N) is 1. The highest BCUT2D eigenvalue weighted by Gasteiger charge is 2.02. The van der Waals surface area contributed by atoms with Crippen LogP contribution in [0.25, 0.3) is 0 Å². The Bertz CT molecular complexity index is 424. The topological polar surface area (TPSA) is 135 Å². The molecule has 0 aliphatic carbocycles. The summed E-state index contributed by atoms with van der Waals surface area (Å²) >= 11 is -1.20. The number of nitro benzene ring substituents is 1. The standard InChI is InChI=1S/C6H4INO3.2C2H4O2/c9-7-5-1-3-6(4-2-5)8(10)11;2*1-2(3)4/h1-4H;2*1H3,(H,3,4). The summed E-state index contributed by atoms with van der Waals surface area (Å²) in [6.45, 7) is 2.17. The minimum Gasteiger partial charge on any atom is -0.481 e. The second kappa shape index (κ2) is 11.2. The summed E-state index contributed by atoms with van der Waals surface area (Å²) in [5.74, 6) is -1.67. The Morgan fingerprint density at radius 2 is 1.42 bits per heavy atom. The number of hydrogen-bond donors (Lipinski definition) is 2. The van der Waals surface area contributed by atoms with Gasteiger partial charge in [0.1, 0.15) is 0 Å². The Kier molecular flexibility index (Phi) is 11.4. The van der Waals surface area contributed by atoms with E-state index in [9.17, 15) is 13.2 Å². The van der Waals surface area contributed by atoms with Crippen molar-refractivity contribution < 1.29 is 27.8 Å². The second-order valence-electron chi connectivity index (χ2n) is 2.85. The zero-order valence-corrected chi connectivity index (χ0v) is 12.2. The summed E-state index contributed by atoms with van der Waals surface area (Å²) in [7, 11) is 0. The average molecular weight is 385 g/mol. The van der Waals surface area contributed by atoms with Gasteiger partial charge in [-0.2, -0.15) is 0 Å². The average Bonchev–Trinajstić information content (AvgIpc) is 2.27. The van der Waals surface area contributed by atoms with Crippen LogP contribution >= 0.6 is 21.2 Å². The maximum absolute atomic E-state index is 10.4. The molecule has 0 fully saturated rings. The lowest BCUT2D eigenvalue weighted by Crippen LogP contribution is -1.86. The maximum Gasteiger partial charge on any atom is 0.300 e. The van der Waals surface area contributed by atoms with E-state index in [0.29, 0.717) is 3.57 Å². The Labute approximate surface area is 118 Å². The van der Waals surface area contributed by atoms with Crippen molar-refractivity contribution in [3.63, 3.8) is 0 Å². The lowest BCUT2D eigenvalue weighted by Gasteiger charge is -1.88. The summed E-state index contributed by atoms with van der Waals surface area (Å²) < 4.78 is 11.0. The molecule has 1 rings (SSSR count). The van der Waals surface area contributed by atoms with E-state index in [4.69, 9.17) is 19.8 Å². The summed E-state index contributed by atoms with van der Waals surface area (Å²) in [4.78, 5) is 27.7. The second-order valence-corrected chi connectivity index (χ2v) is 4.53. The number of non-ortho nitro benzene ring substituents is 1. The first-order valence-corrected chi connectivity index (χ1v) is 6.57. The van der Waals surface area contributed by atoms with Crippen LogP contribution in [0.1, 0.15) is 13.8 Å². The SMILES string of the molecule is CC(=O)O.CC(=O)O.O=Ic1ccc([N+](=O)[O-])cc1. The first-order chi connectivity index (χ1) is 8.70. The molecule has 0 bridgehead atoms. The highest BCUT2D eigenvalue weighted by atomic mass is 127. The van der Waals surface area contributed by atoms with E-state index < -0.39 is 38.1 Å². The van der Waals surface area contributed by atoms with Crippen molar-refractivity contribution in [3.05, 3.63) is 37.9 Å². The molecule has 2 N–H and O–H groups in total. The van der Waals surface area contributed by atoms with E-state index in [0.717, 1.165) is 13.8 Å². The summed E-state index contributed by atoms with van der Waals surface area (Å²) in [5.41, 5.74) is 0.0335. The number of benzene rings is 1. The number of rotatable bonds is 2. The number of carbonyl (C=O) groups is 2. The van der Waals surface area contributed by atoms with E-state index in [1.165, 1.54) is 24.3 Å². The fourth-order valence-electron chi connectivity index (χ4n) is 0.614. The normalized spacial score (nSPS) is 8.11. The Morgan fingerprint density at radius 3 is 1.63 bits per heavy atom. The molecule has 9 heteroatoms. The van der Waals surface area contributed by atoms with Crippen LogP contribution in [-0.2, 0) is 12.7 Å². The lowest BCUT2D eigenvalue weighted by molar-refractivity contribution is -0.384. The molecule has 0 aliphatic heterocycles. The first-order valence-electron chi connectivity index (χ1n) is 4.61. The van der Waals surface area contributed by atoms with Gasteiger partial charge >= 0.3 is 0 Å². The molecule has 0 amide bonds. The fraction of sp³-hybridized carbons (Fsp3) is 0.200. The number of halogens is 1. The third kappa shape index (κ3) is 16.1. The molecule has 0 spiro atoms. The number of hydrogen-bond acceptors (Lipinski definition) is 5. The molecule has 19 heavy (non-hydrogen) atoms. The van der Waals surface area contributed by atoms with Crippen LogP contribution in [0.15, 0.2) is 24.3 Å². The first kappa shape index (κ1) is 19.4. The Morgan fingerprint density at radius 1 is 1.11 bits per heavy atom. The number of aliphatic carboxylic acids is 2.